The van der Waals surface area contributed by atoms with E-state index >= 15 is 0 Å². The first-order chi connectivity index (χ1) is 7.38. The summed E-state index contributed by atoms with van der Waals surface area (Å²) in [5.41, 5.74) is 1.22. The van der Waals surface area contributed by atoms with Crippen molar-refractivity contribution in [1.82, 2.24) is 9.97 Å². The quantitative estimate of drug-likeness (QED) is 0.798. The van der Waals surface area contributed by atoms with Crippen LogP contribution < -0.4 is 5.32 Å². The van der Waals surface area contributed by atoms with E-state index in [1.54, 1.807) is 6.20 Å². The summed E-state index contributed by atoms with van der Waals surface area (Å²) in [5.74, 6) is 0.570. The van der Waals surface area contributed by atoms with E-state index < -0.39 is 0 Å². The fourth-order valence-electron chi connectivity index (χ4n) is 1.15. The molecule has 0 bridgehead atoms. The summed E-state index contributed by atoms with van der Waals surface area (Å²) in [7, 11) is 0. The van der Waals surface area contributed by atoms with E-state index in [4.69, 9.17) is 5.26 Å². The number of rotatable bonds is 2. The Hall–Kier alpha value is -2.41. The van der Waals surface area contributed by atoms with Crippen molar-refractivity contribution >= 4 is 11.5 Å². The summed E-state index contributed by atoms with van der Waals surface area (Å²) in [6.07, 6.45) is 3.00. The van der Waals surface area contributed by atoms with E-state index in [0.717, 1.165) is 5.69 Å². The molecule has 0 unspecified atom stereocenters. The number of nitrogens with one attached hydrogen (secondary N) is 1. The Morgan fingerprint density at radius 2 is 1.93 bits per heavy atom. The summed E-state index contributed by atoms with van der Waals surface area (Å²) < 4.78 is 0. The van der Waals surface area contributed by atoms with E-state index in [-0.39, 0.29) is 0 Å². The van der Waals surface area contributed by atoms with Crippen molar-refractivity contribution in [2.45, 2.75) is 0 Å². The lowest BCUT2D eigenvalue weighted by Gasteiger charge is -2.03. The SMILES string of the molecule is N#Cc1cncc(Nc2ccccc2)n1. The van der Waals surface area contributed by atoms with Gasteiger partial charge in [-0.3, -0.25) is 4.98 Å². The van der Waals surface area contributed by atoms with Gasteiger partial charge in [-0.1, -0.05) is 18.2 Å². The normalized spacial score (nSPS) is 9.27. The molecule has 1 aromatic carbocycles. The molecule has 0 aliphatic rings. The van der Waals surface area contributed by atoms with Crippen molar-refractivity contribution in [3.8, 4) is 6.07 Å². The molecule has 0 aliphatic carbocycles. The van der Waals surface area contributed by atoms with Gasteiger partial charge in [0.15, 0.2) is 5.69 Å². The highest BCUT2D eigenvalue weighted by Gasteiger charge is 1.97. The van der Waals surface area contributed by atoms with Gasteiger partial charge >= 0.3 is 0 Å². The third-order valence-electron chi connectivity index (χ3n) is 1.80. The van der Waals surface area contributed by atoms with Gasteiger partial charge in [0.25, 0.3) is 0 Å². The Morgan fingerprint density at radius 1 is 1.13 bits per heavy atom. The molecule has 0 saturated carbocycles. The number of nitriles is 1. The molecule has 1 N–H and O–H groups in total. The molecular weight excluding hydrogens is 188 g/mol. The van der Waals surface area contributed by atoms with E-state index in [1.165, 1.54) is 6.20 Å². The lowest BCUT2D eigenvalue weighted by molar-refractivity contribution is 1.16. The molecule has 1 heterocycles. The lowest BCUT2D eigenvalue weighted by Crippen LogP contribution is -1.95. The number of nitrogens with zero attached hydrogens (tertiary/aromatic N) is 3. The van der Waals surface area contributed by atoms with Crippen LogP contribution in [0.1, 0.15) is 5.69 Å². The molecule has 72 valence electrons. The number of anilines is 2. The highest BCUT2D eigenvalue weighted by molar-refractivity contribution is 5.55. The number of hydrogen-bond acceptors (Lipinski definition) is 4. The topological polar surface area (TPSA) is 61.6 Å². The maximum Gasteiger partial charge on any atom is 0.161 e. The first-order valence-electron chi connectivity index (χ1n) is 4.43. The molecule has 2 aromatic rings. The predicted molar refractivity (Wildman–Crippen MR) is 56.5 cm³/mol. The largest absolute Gasteiger partial charge is 0.339 e. The minimum atomic E-state index is 0.302. The van der Waals surface area contributed by atoms with Gasteiger partial charge in [0.2, 0.25) is 0 Å². The maximum atomic E-state index is 8.65. The summed E-state index contributed by atoms with van der Waals surface area (Å²) in [6, 6.07) is 11.5. The standard InChI is InChI=1S/C11H8N4/c12-6-10-7-13-8-11(15-10)14-9-4-2-1-3-5-9/h1-5,7-8H,(H,14,15). The van der Waals surface area contributed by atoms with Gasteiger partial charge in [0, 0.05) is 5.69 Å². The minimum absolute atomic E-state index is 0.302. The molecule has 0 fully saturated rings. The number of para-hydroxylation sites is 1. The molecule has 0 aliphatic heterocycles. The van der Waals surface area contributed by atoms with Crippen LogP contribution in [-0.4, -0.2) is 9.97 Å². The van der Waals surface area contributed by atoms with Crippen molar-refractivity contribution in [3.63, 3.8) is 0 Å². The summed E-state index contributed by atoms with van der Waals surface area (Å²) in [4.78, 5) is 7.96. The highest BCUT2D eigenvalue weighted by Crippen LogP contribution is 2.12. The van der Waals surface area contributed by atoms with Crippen LogP contribution in [0, 0.1) is 11.3 Å². The Labute approximate surface area is 87.2 Å². The second-order valence-corrected chi connectivity index (χ2v) is 2.89. The summed E-state index contributed by atoms with van der Waals surface area (Å²) in [5, 5.41) is 11.7. The predicted octanol–water partition coefficient (Wildman–Crippen LogP) is 2.09. The molecule has 0 spiro atoms. The maximum absolute atomic E-state index is 8.65. The fraction of sp³-hybridized carbons (Fsp3) is 0. The van der Waals surface area contributed by atoms with Crippen molar-refractivity contribution < 1.29 is 0 Å². The van der Waals surface area contributed by atoms with Gasteiger partial charge in [-0.05, 0) is 12.1 Å². The smallest absolute Gasteiger partial charge is 0.161 e. The van der Waals surface area contributed by atoms with Crippen LogP contribution in [0.15, 0.2) is 42.7 Å². The van der Waals surface area contributed by atoms with Crippen molar-refractivity contribution in [1.29, 1.82) is 5.26 Å². The molecule has 1 aromatic heterocycles. The van der Waals surface area contributed by atoms with Crippen molar-refractivity contribution in [2.24, 2.45) is 0 Å². The van der Waals surface area contributed by atoms with Gasteiger partial charge in [0.05, 0.1) is 12.4 Å². The second-order valence-electron chi connectivity index (χ2n) is 2.89. The van der Waals surface area contributed by atoms with Gasteiger partial charge in [-0.15, -0.1) is 0 Å². The zero-order valence-corrected chi connectivity index (χ0v) is 7.88. The van der Waals surface area contributed by atoms with Gasteiger partial charge in [-0.2, -0.15) is 5.26 Å². The van der Waals surface area contributed by atoms with Crippen LogP contribution >= 0.6 is 0 Å². The number of hydrogen-bond donors (Lipinski definition) is 1. The first-order valence-corrected chi connectivity index (χ1v) is 4.43. The van der Waals surface area contributed by atoms with E-state index in [9.17, 15) is 0 Å². The monoisotopic (exact) mass is 196 g/mol. The van der Waals surface area contributed by atoms with Crippen LogP contribution in [0.25, 0.3) is 0 Å². The third-order valence-corrected chi connectivity index (χ3v) is 1.80. The Bertz CT molecular complexity index is 487. The van der Waals surface area contributed by atoms with Gasteiger partial charge in [0.1, 0.15) is 11.9 Å². The van der Waals surface area contributed by atoms with Crippen molar-refractivity contribution in [3.05, 3.63) is 48.4 Å². The summed E-state index contributed by atoms with van der Waals surface area (Å²) in [6.45, 7) is 0. The highest BCUT2D eigenvalue weighted by atomic mass is 15.0. The fourth-order valence-corrected chi connectivity index (χ4v) is 1.15. The van der Waals surface area contributed by atoms with Gasteiger partial charge in [-0.25, -0.2) is 4.98 Å². The van der Waals surface area contributed by atoms with Crippen molar-refractivity contribution in [2.75, 3.05) is 5.32 Å². The average molecular weight is 196 g/mol. The van der Waals surface area contributed by atoms with E-state index in [1.807, 2.05) is 36.4 Å². The average Bonchev–Trinajstić information content (AvgIpc) is 2.31. The molecule has 0 atom stereocenters. The molecule has 4 nitrogen and oxygen atoms in total. The Balaban J connectivity index is 2.22. The summed E-state index contributed by atoms with van der Waals surface area (Å²) >= 11 is 0. The molecule has 0 saturated heterocycles. The van der Waals surface area contributed by atoms with Crippen LogP contribution in [0.5, 0.6) is 0 Å². The third kappa shape index (κ3) is 2.29. The number of aromatic nitrogens is 2. The van der Waals surface area contributed by atoms with Gasteiger partial charge < -0.3 is 5.32 Å². The molecule has 15 heavy (non-hydrogen) atoms. The molecule has 4 heteroatoms. The Morgan fingerprint density at radius 3 is 2.67 bits per heavy atom. The molecule has 0 amide bonds. The number of benzene rings is 1. The van der Waals surface area contributed by atoms with E-state index in [0.29, 0.717) is 11.5 Å². The zero-order chi connectivity index (χ0) is 10.5. The second kappa shape index (κ2) is 4.20. The molecule has 2 rings (SSSR count). The zero-order valence-electron chi connectivity index (χ0n) is 7.88. The van der Waals surface area contributed by atoms with Crippen LogP contribution in [0.2, 0.25) is 0 Å². The van der Waals surface area contributed by atoms with Crippen LogP contribution in [-0.2, 0) is 0 Å². The lowest BCUT2D eigenvalue weighted by atomic mass is 10.3. The minimum Gasteiger partial charge on any atom is -0.339 e. The van der Waals surface area contributed by atoms with E-state index in [2.05, 4.69) is 15.3 Å². The van der Waals surface area contributed by atoms with Crippen LogP contribution in [0.3, 0.4) is 0 Å². The molecular formula is C11H8N4. The van der Waals surface area contributed by atoms with Crippen LogP contribution in [0.4, 0.5) is 11.5 Å². The molecule has 0 radical (unpaired) electrons. The Kier molecular flexibility index (Phi) is 2.56. The first kappa shape index (κ1) is 9.16.